The van der Waals surface area contributed by atoms with Crippen LogP contribution in [-0.2, 0) is 0 Å². The van der Waals surface area contributed by atoms with Gasteiger partial charge in [-0.25, -0.2) is 0 Å². The summed E-state index contributed by atoms with van der Waals surface area (Å²) in [7, 11) is 0. The van der Waals surface area contributed by atoms with Crippen LogP contribution in [0.4, 0.5) is 0 Å². The number of hydrogen-bond acceptors (Lipinski definition) is 3. The van der Waals surface area contributed by atoms with Gasteiger partial charge in [-0.1, -0.05) is 31.9 Å². The summed E-state index contributed by atoms with van der Waals surface area (Å²) in [4.78, 5) is 2.63. The molecule has 1 N–H and O–H groups in total. The predicted molar refractivity (Wildman–Crippen MR) is 96.2 cm³/mol. The summed E-state index contributed by atoms with van der Waals surface area (Å²) in [5.41, 5.74) is 1.16. The highest BCUT2D eigenvalue weighted by Crippen LogP contribution is 2.19. The molecule has 3 nitrogen and oxygen atoms in total. The summed E-state index contributed by atoms with van der Waals surface area (Å²) < 4.78 is 5.81. The zero-order valence-electron chi connectivity index (χ0n) is 14.7. The number of ether oxygens (including phenoxy) is 1. The molecule has 0 saturated carbocycles. The Labute approximate surface area is 141 Å². The van der Waals surface area contributed by atoms with Crippen LogP contribution in [0.3, 0.4) is 0 Å². The van der Waals surface area contributed by atoms with Gasteiger partial charge in [-0.3, -0.25) is 0 Å². The average Bonchev–Trinajstić information content (AvgIpc) is 2.86. The number of likely N-dealkylation sites (tertiary alicyclic amines) is 1. The summed E-state index contributed by atoms with van der Waals surface area (Å²) in [5, 5.41) is 9.16. The van der Waals surface area contributed by atoms with Crippen molar-refractivity contribution in [1.82, 2.24) is 4.90 Å². The molecule has 1 fully saturated rings. The van der Waals surface area contributed by atoms with E-state index >= 15 is 0 Å². The molecule has 1 heterocycles. The molecule has 0 aromatic heterocycles. The van der Waals surface area contributed by atoms with E-state index in [1.165, 1.54) is 58.2 Å². The molecule has 0 aliphatic carbocycles. The molecule has 1 unspecified atom stereocenters. The predicted octanol–water partition coefficient (Wildman–Crippen LogP) is 4.21. The van der Waals surface area contributed by atoms with E-state index in [9.17, 15) is 0 Å². The largest absolute Gasteiger partial charge is 0.494 e. The summed E-state index contributed by atoms with van der Waals surface area (Å²) in [6.45, 7) is 6.88. The third-order valence-electron chi connectivity index (χ3n) is 4.81. The molecule has 0 amide bonds. The Bertz CT molecular complexity index is 410. The van der Waals surface area contributed by atoms with Crippen LogP contribution in [0.1, 0.15) is 63.4 Å². The minimum Gasteiger partial charge on any atom is -0.494 e. The van der Waals surface area contributed by atoms with Crippen molar-refractivity contribution < 1.29 is 9.84 Å². The van der Waals surface area contributed by atoms with Crippen molar-refractivity contribution in [3.8, 4) is 5.75 Å². The van der Waals surface area contributed by atoms with Crippen LogP contribution in [0.2, 0.25) is 0 Å². The molecule has 1 aliphatic rings. The average molecular weight is 319 g/mol. The van der Waals surface area contributed by atoms with Crippen molar-refractivity contribution in [2.24, 2.45) is 0 Å². The Hall–Kier alpha value is -1.06. The Morgan fingerprint density at radius 3 is 2.35 bits per heavy atom. The van der Waals surface area contributed by atoms with Gasteiger partial charge in [-0.15, -0.1) is 0 Å². The van der Waals surface area contributed by atoms with Crippen LogP contribution in [-0.4, -0.2) is 42.9 Å². The minimum absolute atomic E-state index is 0.192. The van der Waals surface area contributed by atoms with Crippen molar-refractivity contribution in [3.05, 3.63) is 29.8 Å². The van der Waals surface area contributed by atoms with Crippen LogP contribution in [0.5, 0.6) is 5.75 Å². The summed E-state index contributed by atoms with van der Waals surface area (Å²) in [6, 6.07) is 8.13. The molecular weight excluding hydrogens is 286 g/mol. The van der Waals surface area contributed by atoms with E-state index in [1.807, 2.05) is 19.1 Å². The molecule has 1 aliphatic heterocycles. The number of hydrogen-bond donors (Lipinski definition) is 1. The van der Waals surface area contributed by atoms with Crippen molar-refractivity contribution in [2.75, 3.05) is 32.8 Å². The topological polar surface area (TPSA) is 32.7 Å². The molecule has 0 bridgehead atoms. The molecule has 0 radical (unpaired) electrons. The number of nitrogens with zero attached hydrogens (tertiary/aromatic N) is 1. The molecule has 1 aromatic carbocycles. The fraction of sp³-hybridized carbons (Fsp3) is 0.700. The minimum atomic E-state index is 0.192. The Kier molecular flexibility index (Phi) is 8.48. The highest BCUT2D eigenvalue weighted by molar-refractivity contribution is 5.29. The molecule has 130 valence electrons. The second-order valence-electron chi connectivity index (χ2n) is 6.82. The third kappa shape index (κ3) is 6.92. The molecule has 23 heavy (non-hydrogen) atoms. The Morgan fingerprint density at radius 1 is 1.00 bits per heavy atom. The van der Waals surface area contributed by atoms with E-state index in [0.29, 0.717) is 0 Å². The number of aliphatic hydroxyl groups excluding tert-OH is 1. The first kappa shape index (κ1) is 18.3. The fourth-order valence-corrected chi connectivity index (χ4v) is 3.16. The highest BCUT2D eigenvalue weighted by atomic mass is 16.5. The zero-order valence-corrected chi connectivity index (χ0v) is 14.7. The molecule has 3 heteroatoms. The van der Waals surface area contributed by atoms with E-state index in [2.05, 4.69) is 17.0 Å². The van der Waals surface area contributed by atoms with Gasteiger partial charge in [-0.2, -0.15) is 0 Å². The second-order valence-corrected chi connectivity index (χ2v) is 6.82. The second kappa shape index (κ2) is 10.7. The number of aliphatic hydroxyl groups is 1. The normalized spacial score (nSPS) is 17.7. The molecule has 0 spiro atoms. The summed E-state index contributed by atoms with van der Waals surface area (Å²) in [5.74, 6) is 1.13. The van der Waals surface area contributed by atoms with Crippen LogP contribution in [0.25, 0.3) is 0 Å². The maximum atomic E-state index is 9.16. The standard InChI is InChI=1S/C20H33NO2/c1-18(17-22)19-9-11-20(12-10-19)23-16-8-4-7-15-21-13-5-2-3-6-14-21/h9-12,18,22H,2-8,13-17H2,1H3. The Morgan fingerprint density at radius 2 is 1.70 bits per heavy atom. The lowest BCUT2D eigenvalue weighted by Crippen LogP contribution is -2.25. The van der Waals surface area contributed by atoms with Crippen molar-refractivity contribution in [3.63, 3.8) is 0 Å². The molecule has 1 aromatic rings. The highest BCUT2D eigenvalue weighted by Gasteiger charge is 2.08. The SMILES string of the molecule is CC(CO)c1ccc(OCCCCCN2CCCCCC2)cc1. The fourth-order valence-electron chi connectivity index (χ4n) is 3.16. The first-order valence-electron chi connectivity index (χ1n) is 9.35. The Balaban J connectivity index is 1.54. The van der Waals surface area contributed by atoms with Crippen molar-refractivity contribution in [2.45, 2.75) is 57.8 Å². The first-order valence-corrected chi connectivity index (χ1v) is 9.35. The lowest BCUT2D eigenvalue weighted by atomic mass is 10.0. The molecular formula is C20H33NO2. The van der Waals surface area contributed by atoms with Crippen molar-refractivity contribution in [1.29, 1.82) is 0 Å². The van der Waals surface area contributed by atoms with Gasteiger partial charge >= 0.3 is 0 Å². The lowest BCUT2D eigenvalue weighted by molar-refractivity contribution is 0.266. The lowest BCUT2D eigenvalue weighted by Gasteiger charge is -2.19. The molecule has 1 saturated heterocycles. The first-order chi connectivity index (χ1) is 11.3. The zero-order chi connectivity index (χ0) is 16.3. The van der Waals surface area contributed by atoms with Gasteiger partial charge in [0.25, 0.3) is 0 Å². The van der Waals surface area contributed by atoms with Crippen molar-refractivity contribution >= 4 is 0 Å². The molecule has 1 atom stereocenters. The van der Waals surface area contributed by atoms with E-state index in [1.54, 1.807) is 0 Å². The van der Waals surface area contributed by atoms with E-state index in [0.717, 1.165) is 24.3 Å². The monoisotopic (exact) mass is 319 g/mol. The van der Waals surface area contributed by atoms with Crippen LogP contribution in [0, 0.1) is 0 Å². The molecule has 2 rings (SSSR count). The van der Waals surface area contributed by atoms with Gasteiger partial charge in [0, 0.05) is 12.5 Å². The van der Waals surface area contributed by atoms with E-state index in [-0.39, 0.29) is 12.5 Å². The van der Waals surface area contributed by atoms with Gasteiger partial charge in [0.1, 0.15) is 5.75 Å². The van der Waals surface area contributed by atoms with Gasteiger partial charge in [-0.05, 0) is 69.4 Å². The summed E-state index contributed by atoms with van der Waals surface area (Å²) in [6.07, 6.45) is 9.26. The number of benzene rings is 1. The third-order valence-corrected chi connectivity index (χ3v) is 4.81. The van der Waals surface area contributed by atoms with Gasteiger partial charge in [0.2, 0.25) is 0 Å². The summed E-state index contributed by atoms with van der Waals surface area (Å²) >= 11 is 0. The maximum Gasteiger partial charge on any atom is 0.119 e. The van der Waals surface area contributed by atoms with Gasteiger partial charge < -0.3 is 14.7 Å². The van der Waals surface area contributed by atoms with Gasteiger partial charge in [0.05, 0.1) is 6.61 Å². The van der Waals surface area contributed by atoms with E-state index < -0.39 is 0 Å². The number of unbranched alkanes of at least 4 members (excludes halogenated alkanes) is 2. The maximum absolute atomic E-state index is 9.16. The quantitative estimate of drug-likeness (QED) is 0.692. The van der Waals surface area contributed by atoms with Crippen LogP contribution >= 0.6 is 0 Å². The van der Waals surface area contributed by atoms with Crippen LogP contribution < -0.4 is 4.74 Å². The van der Waals surface area contributed by atoms with Gasteiger partial charge in [0.15, 0.2) is 0 Å². The van der Waals surface area contributed by atoms with E-state index in [4.69, 9.17) is 9.84 Å². The number of rotatable bonds is 9. The van der Waals surface area contributed by atoms with Crippen LogP contribution in [0.15, 0.2) is 24.3 Å². The smallest absolute Gasteiger partial charge is 0.119 e.